The number of amides is 2. The Hall–Kier alpha value is -3.82. The molecule has 0 unspecified atom stereocenters. The monoisotopic (exact) mass is 519 g/mol. The van der Waals surface area contributed by atoms with E-state index in [2.05, 4.69) is 4.90 Å². The maximum Gasteiger partial charge on any atom is 0.254 e. The van der Waals surface area contributed by atoms with Crippen LogP contribution in [0.4, 0.5) is 0 Å². The van der Waals surface area contributed by atoms with Crippen molar-refractivity contribution in [2.75, 3.05) is 52.7 Å². The van der Waals surface area contributed by atoms with Crippen LogP contribution in [-0.4, -0.2) is 79.2 Å². The van der Waals surface area contributed by atoms with Crippen LogP contribution in [0.25, 0.3) is 0 Å². The summed E-state index contributed by atoms with van der Waals surface area (Å²) in [4.78, 5) is 32.9. The molecule has 2 aliphatic rings. The van der Waals surface area contributed by atoms with Crippen molar-refractivity contribution in [2.45, 2.75) is 20.0 Å². The van der Waals surface area contributed by atoms with Crippen LogP contribution in [0.1, 0.15) is 27.2 Å². The van der Waals surface area contributed by atoms with Crippen LogP contribution < -0.4 is 9.47 Å². The van der Waals surface area contributed by atoms with Crippen LogP contribution in [0, 0.1) is 6.92 Å². The lowest BCUT2D eigenvalue weighted by atomic mass is 10.1. The lowest BCUT2D eigenvalue weighted by Crippen LogP contribution is -2.47. The molecule has 3 aromatic rings. The molecule has 38 heavy (non-hydrogen) atoms. The van der Waals surface area contributed by atoms with Gasteiger partial charge in [0, 0.05) is 38.3 Å². The van der Waals surface area contributed by atoms with Crippen molar-refractivity contribution in [1.29, 1.82) is 0 Å². The molecule has 0 N–H and O–H groups in total. The van der Waals surface area contributed by atoms with Crippen LogP contribution in [0.5, 0.6) is 11.5 Å². The van der Waals surface area contributed by atoms with Gasteiger partial charge in [0.25, 0.3) is 5.91 Å². The van der Waals surface area contributed by atoms with Gasteiger partial charge in [-0.25, -0.2) is 0 Å². The highest BCUT2D eigenvalue weighted by Gasteiger charge is 2.25. The van der Waals surface area contributed by atoms with Gasteiger partial charge in [-0.3, -0.25) is 14.5 Å². The number of benzene rings is 2. The number of rotatable bonds is 10. The van der Waals surface area contributed by atoms with Crippen molar-refractivity contribution in [1.82, 2.24) is 14.7 Å². The molecule has 200 valence electrons. The Morgan fingerprint density at radius 3 is 2.47 bits per heavy atom. The average Bonchev–Trinajstić information content (AvgIpc) is 3.63. The Morgan fingerprint density at radius 1 is 0.921 bits per heavy atom. The molecule has 1 aromatic heterocycles. The van der Waals surface area contributed by atoms with E-state index >= 15 is 0 Å². The normalized spacial score (nSPS) is 14.9. The van der Waals surface area contributed by atoms with Gasteiger partial charge in [-0.15, -0.1) is 0 Å². The van der Waals surface area contributed by atoms with Gasteiger partial charge in [0.15, 0.2) is 11.5 Å². The summed E-state index contributed by atoms with van der Waals surface area (Å²) in [6, 6.07) is 16.8. The molecule has 5 rings (SSSR count). The molecule has 9 nitrogen and oxygen atoms in total. The third-order valence-corrected chi connectivity index (χ3v) is 6.79. The van der Waals surface area contributed by atoms with Gasteiger partial charge in [-0.1, -0.05) is 23.8 Å². The van der Waals surface area contributed by atoms with Gasteiger partial charge >= 0.3 is 0 Å². The van der Waals surface area contributed by atoms with Gasteiger partial charge in [-0.05, 0) is 48.9 Å². The summed E-state index contributed by atoms with van der Waals surface area (Å²) in [7, 11) is 0. The molecule has 0 saturated carbocycles. The maximum absolute atomic E-state index is 13.8. The minimum Gasteiger partial charge on any atom is -0.467 e. The Bertz CT molecular complexity index is 1220. The number of carbonyl (C=O) groups is 2. The zero-order chi connectivity index (χ0) is 26.3. The van der Waals surface area contributed by atoms with Crippen LogP contribution in [0.2, 0.25) is 0 Å². The SMILES string of the molecule is Cc1ccc(C(=O)N(CCN2CCOCC2)CC(=O)N(Cc2ccc3c(c2)OCO3)Cc2ccco2)cc1. The predicted molar refractivity (Wildman–Crippen MR) is 140 cm³/mol. The summed E-state index contributed by atoms with van der Waals surface area (Å²) in [5.74, 6) is 1.70. The van der Waals surface area contributed by atoms with E-state index in [1.54, 1.807) is 22.1 Å². The molecular formula is C29H33N3O6. The molecular weight excluding hydrogens is 486 g/mol. The largest absolute Gasteiger partial charge is 0.467 e. The number of ether oxygens (including phenoxy) is 3. The quantitative estimate of drug-likeness (QED) is 0.406. The van der Waals surface area contributed by atoms with Crippen LogP contribution in [0.15, 0.2) is 65.3 Å². The molecule has 2 amide bonds. The van der Waals surface area contributed by atoms with Crippen LogP contribution in [-0.2, 0) is 22.6 Å². The molecule has 3 heterocycles. The molecule has 0 bridgehead atoms. The van der Waals surface area contributed by atoms with E-state index in [1.165, 1.54) is 0 Å². The molecule has 0 spiro atoms. The number of furan rings is 1. The van der Waals surface area contributed by atoms with Crippen molar-refractivity contribution in [3.63, 3.8) is 0 Å². The number of aryl methyl sites for hydroxylation is 1. The van der Waals surface area contributed by atoms with E-state index in [0.29, 0.717) is 55.7 Å². The molecule has 9 heteroatoms. The zero-order valence-electron chi connectivity index (χ0n) is 21.6. The molecule has 0 radical (unpaired) electrons. The summed E-state index contributed by atoms with van der Waals surface area (Å²) in [6.07, 6.45) is 1.59. The average molecular weight is 520 g/mol. The van der Waals surface area contributed by atoms with Crippen LogP contribution >= 0.6 is 0 Å². The maximum atomic E-state index is 13.8. The smallest absolute Gasteiger partial charge is 0.254 e. The second-order valence-corrected chi connectivity index (χ2v) is 9.56. The minimum absolute atomic E-state index is 0.0394. The molecule has 1 saturated heterocycles. The first-order chi connectivity index (χ1) is 18.5. The Labute approximate surface area is 222 Å². The van der Waals surface area contributed by atoms with Crippen molar-refractivity contribution in [3.05, 3.63) is 83.3 Å². The second-order valence-electron chi connectivity index (χ2n) is 9.56. The number of hydrogen-bond donors (Lipinski definition) is 0. The van der Waals surface area contributed by atoms with E-state index in [1.807, 2.05) is 55.5 Å². The summed E-state index contributed by atoms with van der Waals surface area (Å²) in [5.41, 5.74) is 2.54. The molecule has 1 fully saturated rings. The highest BCUT2D eigenvalue weighted by molar-refractivity contribution is 5.96. The molecule has 2 aliphatic heterocycles. The summed E-state index contributed by atoms with van der Waals surface area (Å²) < 4.78 is 21.9. The predicted octanol–water partition coefficient (Wildman–Crippen LogP) is 3.32. The van der Waals surface area contributed by atoms with Gasteiger partial charge < -0.3 is 28.4 Å². The van der Waals surface area contributed by atoms with Crippen molar-refractivity contribution < 1.29 is 28.2 Å². The second kappa shape index (κ2) is 12.1. The van der Waals surface area contributed by atoms with E-state index < -0.39 is 0 Å². The highest BCUT2D eigenvalue weighted by Crippen LogP contribution is 2.33. The number of morpholine rings is 1. The molecule has 2 aromatic carbocycles. The summed E-state index contributed by atoms with van der Waals surface area (Å²) in [5, 5.41) is 0. The van der Waals surface area contributed by atoms with E-state index in [-0.39, 0.29) is 31.7 Å². The standard InChI is InChI=1S/C29H33N3O6/c1-22-4-7-24(8-5-22)29(34)31(11-10-30-12-15-35-16-13-30)20-28(33)32(19-25-3-2-14-36-25)18-23-6-9-26-27(17-23)38-21-37-26/h2-9,14,17H,10-13,15-16,18-21H2,1H3. The molecule has 0 atom stereocenters. The fourth-order valence-corrected chi connectivity index (χ4v) is 4.56. The topological polar surface area (TPSA) is 84.7 Å². The van der Waals surface area contributed by atoms with E-state index in [9.17, 15) is 9.59 Å². The lowest BCUT2D eigenvalue weighted by molar-refractivity contribution is -0.133. The Kier molecular flexibility index (Phi) is 8.25. The van der Waals surface area contributed by atoms with Crippen molar-refractivity contribution >= 4 is 11.8 Å². The third-order valence-electron chi connectivity index (χ3n) is 6.79. The first kappa shape index (κ1) is 25.8. The Balaban J connectivity index is 1.34. The minimum atomic E-state index is -0.165. The molecule has 0 aliphatic carbocycles. The lowest BCUT2D eigenvalue weighted by Gasteiger charge is -2.31. The number of nitrogens with zero attached hydrogens (tertiary/aromatic N) is 3. The first-order valence-corrected chi connectivity index (χ1v) is 12.9. The van der Waals surface area contributed by atoms with E-state index in [0.717, 1.165) is 24.2 Å². The third kappa shape index (κ3) is 6.54. The summed E-state index contributed by atoms with van der Waals surface area (Å²) >= 11 is 0. The van der Waals surface area contributed by atoms with Gasteiger partial charge in [0.1, 0.15) is 12.3 Å². The van der Waals surface area contributed by atoms with E-state index in [4.69, 9.17) is 18.6 Å². The van der Waals surface area contributed by atoms with Gasteiger partial charge in [-0.2, -0.15) is 0 Å². The van der Waals surface area contributed by atoms with Gasteiger partial charge in [0.2, 0.25) is 12.7 Å². The fraction of sp³-hybridized carbons (Fsp3) is 0.379. The van der Waals surface area contributed by atoms with Gasteiger partial charge in [0.05, 0.1) is 26.0 Å². The van der Waals surface area contributed by atoms with Crippen LogP contribution in [0.3, 0.4) is 0 Å². The number of fused-ring (bicyclic) bond motifs is 1. The first-order valence-electron chi connectivity index (χ1n) is 12.9. The zero-order valence-corrected chi connectivity index (χ0v) is 21.6. The highest BCUT2D eigenvalue weighted by atomic mass is 16.7. The van der Waals surface area contributed by atoms with Crippen molar-refractivity contribution in [3.8, 4) is 11.5 Å². The van der Waals surface area contributed by atoms with Crippen molar-refractivity contribution in [2.24, 2.45) is 0 Å². The Morgan fingerprint density at radius 2 is 1.71 bits per heavy atom. The summed E-state index contributed by atoms with van der Waals surface area (Å²) in [6.45, 7) is 6.86. The fourth-order valence-electron chi connectivity index (χ4n) is 4.56. The number of carbonyl (C=O) groups excluding carboxylic acids is 2. The number of hydrogen-bond acceptors (Lipinski definition) is 7.